The molecule has 18 heavy (non-hydrogen) atoms. The highest BCUT2D eigenvalue weighted by Crippen LogP contribution is 2.25. The summed E-state index contributed by atoms with van der Waals surface area (Å²) in [4.78, 5) is 4.51. The van der Waals surface area contributed by atoms with Crippen LogP contribution in [0, 0.1) is 0 Å². The van der Waals surface area contributed by atoms with Gasteiger partial charge >= 0.3 is 0 Å². The molecule has 4 heteroatoms. The number of rotatable bonds is 5. The zero-order chi connectivity index (χ0) is 12.8. The lowest BCUT2D eigenvalue weighted by Crippen LogP contribution is -2.43. The van der Waals surface area contributed by atoms with E-state index in [4.69, 9.17) is 10.5 Å². The summed E-state index contributed by atoms with van der Waals surface area (Å²) in [5.74, 6) is 0. The standard InChI is InChI=1S/C14H24N2OS/c1-2-13-16-12(10-18-13)9-17-11-14(15)7-5-3-4-6-8-14/h10H,2-9,11,15H2,1H3. The van der Waals surface area contributed by atoms with Crippen LogP contribution in [0.15, 0.2) is 5.38 Å². The maximum Gasteiger partial charge on any atom is 0.0926 e. The van der Waals surface area contributed by atoms with Crippen molar-refractivity contribution in [3.05, 3.63) is 16.1 Å². The van der Waals surface area contributed by atoms with E-state index in [0.717, 1.165) is 25.0 Å². The average Bonchev–Trinajstić information content (AvgIpc) is 2.71. The molecule has 0 atom stereocenters. The molecule has 1 aliphatic rings. The summed E-state index contributed by atoms with van der Waals surface area (Å²) in [7, 11) is 0. The Hall–Kier alpha value is -0.450. The molecule has 1 saturated carbocycles. The molecule has 0 amide bonds. The van der Waals surface area contributed by atoms with Crippen molar-refractivity contribution in [2.45, 2.75) is 64.0 Å². The van der Waals surface area contributed by atoms with Crippen LogP contribution in [0.5, 0.6) is 0 Å². The van der Waals surface area contributed by atoms with Crippen molar-refractivity contribution < 1.29 is 4.74 Å². The summed E-state index contributed by atoms with van der Waals surface area (Å²) < 4.78 is 5.79. The van der Waals surface area contributed by atoms with E-state index in [-0.39, 0.29) is 5.54 Å². The Morgan fingerprint density at radius 3 is 2.67 bits per heavy atom. The van der Waals surface area contributed by atoms with Crippen LogP contribution in [0.4, 0.5) is 0 Å². The summed E-state index contributed by atoms with van der Waals surface area (Å²) in [6.45, 7) is 3.41. The van der Waals surface area contributed by atoms with Gasteiger partial charge in [0.1, 0.15) is 0 Å². The topological polar surface area (TPSA) is 48.1 Å². The smallest absolute Gasteiger partial charge is 0.0926 e. The maximum atomic E-state index is 6.41. The molecule has 0 spiro atoms. The molecule has 0 aliphatic heterocycles. The molecule has 1 aromatic rings. The fraction of sp³-hybridized carbons (Fsp3) is 0.786. The number of thiazole rings is 1. The minimum Gasteiger partial charge on any atom is -0.373 e. The van der Waals surface area contributed by atoms with Gasteiger partial charge in [-0.1, -0.05) is 32.6 Å². The third-order valence-electron chi connectivity index (χ3n) is 3.64. The fourth-order valence-corrected chi connectivity index (χ4v) is 3.24. The Labute approximate surface area is 114 Å². The molecule has 3 nitrogen and oxygen atoms in total. The summed E-state index contributed by atoms with van der Waals surface area (Å²) in [6.07, 6.45) is 8.35. The Bertz CT molecular complexity index is 356. The average molecular weight is 268 g/mol. The highest BCUT2D eigenvalue weighted by molar-refractivity contribution is 7.09. The number of aromatic nitrogens is 1. The van der Waals surface area contributed by atoms with E-state index < -0.39 is 0 Å². The molecule has 1 fully saturated rings. The molecule has 0 radical (unpaired) electrons. The van der Waals surface area contributed by atoms with Crippen LogP contribution in [-0.4, -0.2) is 17.1 Å². The van der Waals surface area contributed by atoms with Crippen LogP contribution in [0.3, 0.4) is 0 Å². The van der Waals surface area contributed by atoms with Gasteiger partial charge in [0.25, 0.3) is 0 Å². The zero-order valence-corrected chi connectivity index (χ0v) is 12.1. The van der Waals surface area contributed by atoms with Crippen molar-refractivity contribution >= 4 is 11.3 Å². The van der Waals surface area contributed by atoms with E-state index in [9.17, 15) is 0 Å². The number of nitrogens with zero attached hydrogens (tertiary/aromatic N) is 1. The minimum atomic E-state index is -0.0971. The largest absolute Gasteiger partial charge is 0.373 e. The van der Waals surface area contributed by atoms with Gasteiger partial charge in [-0.15, -0.1) is 11.3 Å². The number of hydrogen-bond donors (Lipinski definition) is 1. The van der Waals surface area contributed by atoms with Crippen molar-refractivity contribution in [3.8, 4) is 0 Å². The molecule has 1 aliphatic carbocycles. The molecular formula is C14H24N2OS. The van der Waals surface area contributed by atoms with Crippen LogP contribution in [0.25, 0.3) is 0 Å². The van der Waals surface area contributed by atoms with Crippen LogP contribution >= 0.6 is 11.3 Å². The number of nitrogens with two attached hydrogens (primary N) is 1. The third kappa shape index (κ3) is 4.04. The predicted molar refractivity (Wildman–Crippen MR) is 75.8 cm³/mol. The Morgan fingerprint density at radius 2 is 2.06 bits per heavy atom. The molecule has 2 rings (SSSR count). The minimum absolute atomic E-state index is 0.0971. The number of aryl methyl sites for hydroxylation is 1. The molecule has 0 saturated heterocycles. The lowest BCUT2D eigenvalue weighted by molar-refractivity contribution is 0.0651. The van der Waals surface area contributed by atoms with E-state index in [1.807, 2.05) is 0 Å². The third-order valence-corrected chi connectivity index (χ3v) is 4.68. The lowest BCUT2D eigenvalue weighted by Gasteiger charge is -2.27. The van der Waals surface area contributed by atoms with Crippen molar-refractivity contribution in [2.75, 3.05) is 6.61 Å². The van der Waals surface area contributed by atoms with Crippen molar-refractivity contribution in [2.24, 2.45) is 5.73 Å². The number of ether oxygens (including phenoxy) is 1. The molecule has 1 aromatic heterocycles. The first-order valence-electron chi connectivity index (χ1n) is 7.02. The molecule has 0 aromatic carbocycles. The monoisotopic (exact) mass is 268 g/mol. The SMILES string of the molecule is CCc1nc(COCC2(N)CCCCCC2)cs1. The predicted octanol–water partition coefficient (Wildman–Crippen LogP) is 3.27. The first-order valence-corrected chi connectivity index (χ1v) is 7.90. The number of hydrogen-bond acceptors (Lipinski definition) is 4. The Morgan fingerprint density at radius 1 is 1.33 bits per heavy atom. The van der Waals surface area contributed by atoms with E-state index in [0.29, 0.717) is 13.2 Å². The highest BCUT2D eigenvalue weighted by atomic mass is 32.1. The first-order chi connectivity index (χ1) is 8.72. The van der Waals surface area contributed by atoms with Crippen molar-refractivity contribution in [1.82, 2.24) is 4.98 Å². The summed E-state index contributed by atoms with van der Waals surface area (Å²) in [6, 6.07) is 0. The van der Waals surface area contributed by atoms with Gasteiger partial charge in [-0.3, -0.25) is 0 Å². The second kappa shape index (κ2) is 6.64. The van der Waals surface area contributed by atoms with Crippen LogP contribution in [0.1, 0.15) is 56.2 Å². The van der Waals surface area contributed by atoms with Gasteiger partial charge in [0.05, 0.1) is 23.9 Å². The molecule has 0 bridgehead atoms. The first kappa shape index (κ1) is 14.0. The maximum absolute atomic E-state index is 6.41. The quantitative estimate of drug-likeness (QED) is 0.834. The highest BCUT2D eigenvalue weighted by Gasteiger charge is 2.26. The van der Waals surface area contributed by atoms with Crippen LogP contribution in [0.2, 0.25) is 0 Å². The fourth-order valence-electron chi connectivity index (χ4n) is 2.51. The Balaban J connectivity index is 1.76. The zero-order valence-electron chi connectivity index (χ0n) is 11.3. The molecule has 0 unspecified atom stereocenters. The van der Waals surface area contributed by atoms with Gasteiger partial charge in [-0.25, -0.2) is 4.98 Å². The molecule has 2 N–H and O–H groups in total. The summed E-state index contributed by atoms with van der Waals surface area (Å²) in [5, 5.41) is 3.28. The van der Waals surface area contributed by atoms with Gasteiger partial charge in [-0.2, -0.15) is 0 Å². The van der Waals surface area contributed by atoms with Gasteiger partial charge in [0, 0.05) is 10.9 Å². The van der Waals surface area contributed by atoms with E-state index in [2.05, 4.69) is 17.3 Å². The molecule has 102 valence electrons. The van der Waals surface area contributed by atoms with Gasteiger partial charge in [0.15, 0.2) is 0 Å². The van der Waals surface area contributed by atoms with Crippen molar-refractivity contribution in [1.29, 1.82) is 0 Å². The summed E-state index contributed by atoms with van der Waals surface area (Å²) in [5.41, 5.74) is 7.36. The molecular weight excluding hydrogens is 244 g/mol. The lowest BCUT2D eigenvalue weighted by atomic mass is 9.93. The van der Waals surface area contributed by atoms with Gasteiger partial charge in [-0.05, 0) is 19.3 Å². The van der Waals surface area contributed by atoms with E-state index in [1.54, 1.807) is 11.3 Å². The van der Waals surface area contributed by atoms with Crippen molar-refractivity contribution in [3.63, 3.8) is 0 Å². The second-order valence-electron chi connectivity index (χ2n) is 5.36. The van der Waals surface area contributed by atoms with E-state index in [1.165, 1.54) is 30.7 Å². The van der Waals surface area contributed by atoms with Gasteiger partial charge < -0.3 is 10.5 Å². The van der Waals surface area contributed by atoms with E-state index >= 15 is 0 Å². The molecule has 1 heterocycles. The normalized spacial score (nSPS) is 19.7. The van der Waals surface area contributed by atoms with Gasteiger partial charge in [0.2, 0.25) is 0 Å². The second-order valence-corrected chi connectivity index (χ2v) is 6.30. The summed E-state index contributed by atoms with van der Waals surface area (Å²) >= 11 is 1.72. The van der Waals surface area contributed by atoms with Crippen LogP contribution < -0.4 is 5.73 Å². The van der Waals surface area contributed by atoms with Crippen LogP contribution in [-0.2, 0) is 17.8 Å². The Kier molecular flexibility index (Phi) is 5.15.